The first-order valence-corrected chi connectivity index (χ1v) is 10.2. The largest absolute Gasteiger partial charge is 0.506 e. The zero-order chi connectivity index (χ0) is 18.3. The van der Waals surface area contributed by atoms with E-state index in [0.717, 1.165) is 9.13 Å². The number of hydrogen-bond donors (Lipinski definition) is 2. The molecular weight excluding hydrogens is 588 g/mol. The fourth-order valence-electron chi connectivity index (χ4n) is 2.47. The molecule has 1 aliphatic heterocycles. The van der Waals surface area contributed by atoms with E-state index in [4.69, 9.17) is 11.6 Å². The zero-order valence-electron chi connectivity index (χ0n) is 12.4. The van der Waals surface area contributed by atoms with Crippen LogP contribution < -0.4 is 5.32 Å². The number of hydrogen-bond acceptors (Lipinski definition) is 3. The number of amides is 1. The Morgan fingerprint density at radius 3 is 2.48 bits per heavy atom. The lowest BCUT2D eigenvalue weighted by atomic mass is 10.0. The van der Waals surface area contributed by atoms with Gasteiger partial charge in [-0.05, 0) is 90.4 Å². The smallest absolute Gasteiger partial charge is 0.256 e. The molecule has 0 aromatic heterocycles. The topological polar surface area (TPSA) is 66.4 Å². The van der Waals surface area contributed by atoms with Crippen LogP contribution in [-0.4, -0.2) is 22.7 Å². The summed E-state index contributed by atoms with van der Waals surface area (Å²) in [6.07, 6.45) is 1.71. The van der Waals surface area contributed by atoms with Gasteiger partial charge < -0.3 is 10.4 Å². The van der Waals surface area contributed by atoms with Gasteiger partial charge in [0.15, 0.2) is 5.78 Å². The van der Waals surface area contributed by atoms with Crippen molar-refractivity contribution in [3.8, 4) is 5.75 Å². The van der Waals surface area contributed by atoms with Gasteiger partial charge in [0.2, 0.25) is 0 Å². The Labute approximate surface area is 179 Å². The summed E-state index contributed by atoms with van der Waals surface area (Å²) in [5.74, 6) is -0.476. The van der Waals surface area contributed by atoms with Crippen molar-refractivity contribution in [3.05, 3.63) is 53.5 Å². The highest BCUT2D eigenvalue weighted by atomic mass is 127. The van der Waals surface area contributed by atoms with Gasteiger partial charge in [-0.25, -0.2) is 0 Å². The quantitative estimate of drug-likeness (QED) is 0.215. The third kappa shape index (κ3) is 3.65. The number of halogens is 4. The standard InChI is InChI=1S/C17H9Br2ClINO3/c18-11-2-7(3-12(19)16(11)24)1-10-9-4-8(14(23)6-20)5-13(21)15(9)22-17(10)25/h1-5,24H,6H2,(H,22,25). The van der Waals surface area contributed by atoms with Crippen molar-refractivity contribution in [3.63, 3.8) is 0 Å². The molecule has 25 heavy (non-hydrogen) atoms. The van der Waals surface area contributed by atoms with Gasteiger partial charge in [0.1, 0.15) is 5.75 Å². The number of phenolic OH excluding ortho intramolecular Hbond substituents is 1. The molecule has 0 unspecified atom stereocenters. The molecular formula is C17H9Br2ClINO3. The van der Waals surface area contributed by atoms with E-state index < -0.39 is 0 Å². The van der Waals surface area contributed by atoms with Crippen molar-refractivity contribution in [1.82, 2.24) is 0 Å². The average Bonchev–Trinajstić information content (AvgIpc) is 2.88. The highest BCUT2D eigenvalue weighted by Crippen LogP contribution is 2.39. The molecule has 0 saturated heterocycles. The highest BCUT2D eigenvalue weighted by molar-refractivity contribution is 14.1. The van der Waals surface area contributed by atoms with Crippen LogP contribution in [0, 0.1) is 3.57 Å². The van der Waals surface area contributed by atoms with E-state index in [1.54, 1.807) is 30.3 Å². The van der Waals surface area contributed by atoms with Gasteiger partial charge in [-0.2, -0.15) is 0 Å². The van der Waals surface area contributed by atoms with E-state index >= 15 is 0 Å². The molecule has 4 nitrogen and oxygen atoms in total. The maximum Gasteiger partial charge on any atom is 0.256 e. The van der Waals surface area contributed by atoms with Crippen molar-refractivity contribution in [2.24, 2.45) is 0 Å². The summed E-state index contributed by atoms with van der Waals surface area (Å²) in [6.45, 7) is 0. The van der Waals surface area contributed by atoms with Crippen LogP contribution in [0.2, 0.25) is 0 Å². The number of carbonyl (C=O) groups excluding carboxylic acids is 2. The van der Waals surface area contributed by atoms with E-state index in [1.165, 1.54) is 0 Å². The Hall–Kier alpha value is -0.900. The van der Waals surface area contributed by atoms with Crippen LogP contribution in [0.1, 0.15) is 21.5 Å². The number of alkyl halides is 1. The maximum atomic E-state index is 12.4. The van der Waals surface area contributed by atoms with Crippen LogP contribution in [0.3, 0.4) is 0 Å². The molecule has 1 aliphatic rings. The van der Waals surface area contributed by atoms with Gasteiger partial charge in [0, 0.05) is 20.3 Å². The molecule has 2 aromatic carbocycles. The number of rotatable bonds is 3. The van der Waals surface area contributed by atoms with Crippen LogP contribution in [-0.2, 0) is 4.79 Å². The fraction of sp³-hybridized carbons (Fsp3) is 0.0588. The van der Waals surface area contributed by atoms with Crippen LogP contribution in [0.15, 0.2) is 33.2 Å². The van der Waals surface area contributed by atoms with Crippen molar-refractivity contribution in [2.45, 2.75) is 0 Å². The Bertz CT molecular complexity index is 936. The average molecular weight is 597 g/mol. The summed E-state index contributed by atoms with van der Waals surface area (Å²) in [6, 6.07) is 6.80. The summed E-state index contributed by atoms with van der Waals surface area (Å²) in [4.78, 5) is 24.3. The molecule has 2 N–H and O–H groups in total. The number of benzene rings is 2. The van der Waals surface area contributed by atoms with Crippen LogP contribution in [0.25, 0.3) is 11.6 Å². The first-order valence-electron chi connectivity index (χ1n) is 6.96. The van der Waals surface area contributed by atoms with E-state index in [9.17, 15) is 14.7 Å². The molecule has 8 heteroatoms. The highest BCUT2D eigenvalue weighted by Gasteiger charge is 2.27. The number of carbonyl (C=O) groups is 2. The van der Waals surface area contributed by atoms with Crippen LogP contribution in [0.4, 0.5) is 5.69 Å². The molecule has 0 spiro atoms. The second-order valence-electron chi connectivity index (χ2n) is 5.28. The van der Waals surface area contributed by atoms with E-state index in [-0.39, 0.29) is 23.3 Å². The predicted octanol–water partition coefficient (Wildman–Crippen LogP) is 5.44. The monoisotopic (exact) mass is 595 g/mol. The van der Waals surface area contributed by atoms with Crippen molar-refractivity contribution >= 4 is 95.1 Å². The molecule has 1 heterocycles. The zero-order valence-corrected chi connectivity index (χ0v) is 18.5. The van der Waals surface area contributed by atoms with Crippen molar-refractivity contribution in [1.29, 1.82) is 0 Å². The minimum absolute atomic E-state index is 0.0861. The number of ketones is 1. The summed E-state index contributed by atoms with van der Waals surface area (Å²) in [7, 11) is 0. The van der Waals surface area contributed by atoms with Crippen molar-refractivity contribution in [2.75, 3.05) is 11.2 Å². The van der Waals surface area contributed by atoms with E-state index in [0.29, 0.717) is 31.3 Å². The second kappa shape index (κ2) is 7.38. The molecule has 0 saturated carbocycles. The fourth-order valence-corrected chi connectivity index (χ4v) is 4.60. The first kappa shape index (κ1) is 18.9. The summed E-state index contributed by atoms with van der Waals surface area (Å²) < 4.78 is 1.79. The van der Waals surface area contributed by atoms with Gasteiger partial charge in [-0.15, -0.1) is 11.6 Å². The molecule has 2 aromatic rings. The van der Waals surface area contributed by atoms with Gasteiger partial charge in [0.05, 0.1) is 20.5 Å². The van der Waals surface area contributed by atoms with Gasteiger partial charge >= 0.3 is 0 Å². The normalized spacial score (nSPS) is 14.6. The summed E-state index contributed by atoms with van der Waals surface area (Å²) in [5, 5.41) is 12.6. The lowest BCUT2D eigenvalue weighted by Gasteiger charge is -2.06. The third-order valence-electron chi connectivity index (χ3n) is 3.66. The Morgan fingerprint density at radius 1 is 1.24 bits per heavy atom. The lowest BCUT2D eigenvalue weighted by molar-refractivity contribution is -0.110. The molecule has 0 fully saturated rings. The Balaban J connectivity index is 2.16. The third-order valence-corrected chi connectivity index (χ3v) is 5.96. The predicted molar refractivity (Wildman–Crippen MR) is 114 cm³/mol. The molecule has 1 amide bonds. The second-order valence-corrected chi connectivity index (χ2v) is 8.42. The first-order chi connectivity index (χ1) is 11.8. The van der Waals surface area contributed by atoms with Crippen molar-refractivity contribution < 1.29 is 14.7 Å². The van der Waals surface area contributed by atoms with E-state index in [1.807, 2.05) is 0 Å². The molecule has 0 aliphatic carbocycles. The SMILES string of the molecule is O=C1Nc2c(I)cc(C(=O)CCl)cc2C1=Cc1cc(Br)c(O)c(Br)c1. The number of phenols is 1. The van der Waals surface area contributed by atoms with Gasteiger partial charge in [-0.3, -0.25) is 9.59 Å². The molecule has 3 rings (SSSR count). The lowest BCUT2D eigenvalue weighted by Crippen LogP contribution is -2.04. The molecule has 0 bridgehead atoms. The van der Waals surface area contributed by atoms with Crippen LogP contribution >= 0.6 is 66.1 Å². The van der Waals surface area contributed by atoms with Gasteiger partial charge in [-0.1, -0.05) is 0 Å². The number of nitrogens with one attached hydrogen (secondary N) is 1. The number of anilines is 1. The van der Waals surface area contributed by atoms with Gasteiger partial charge in [0.25, 0.3) is 5.91 Å². The van der Waals surface area contributed by atoms with Crippen LogP contribution in [0.5, 0.6) is 5.75 Å². The minimum Gasteiger partial charge on any atom is -0.506 e. The number of Topliss-reactive ketones (excluding diaryl/α,β-unsaturated/α-hetero) is 1. The maximum absolute atomic E-state index is 12.4. The molecule has 0 atom stereocenters. The number of fused-ring (bicyclic) bond motifs is 1. The molecule has 128 valence electrons. The summed E-state index contributed by atoms with van der Waals surface area (Å²) in [5.41, 5.74) is 2.97. The minimum atomic E-state index is -0.247. The Kier molecular flexibility index (Phi) is 5.57. The summed E-state index contributed by atoms with van der Waals surface area (Å²) >= 11 is 14.3. The Morgan fingerprint density at radius 2 is 1.88 bits per heavy atom. The van der Waals surface area contributed by atoms with E-state index in [2.05, 4.69) is 59.8 Å². The molecule has 0 radical (unpaired) electrons. The number of aromatic hydroxyl groups is 1.